The molecule has 1 atom stereocenters. The van der Waals surface area contributed by atoms with Crippen LogP contribution < -0.4 is 10.6 Å². The van der Waals surface area contributed by atoms with E-state index in [-0.39, 0.29) is 0 Å². The molecule has 0 saturated heterocycles. The summed E-state index contributed by atoms with van der Waals surface area (Å²) in [6.07, 6.45) is 0.950. The lowest BCUT2D eigenvalue weighted by atomic mass is 10.1. The van der Waals surface area contributed by atoms with E-state index in [1.807, 2.05) is 24.3 Å². The second-order valence-electron chi connectivity index (χ2n) is 3.89. The molecule has 0 aromatic heterocycles. The predicted molar refractivity (Wildman–Crippen MR) is 69.5 cm³/mol. The summed E-state index contributed by atoms with van der Waals surface area (Å²) in [6, 6.07) is 6.42. The number of aryl methyl sites for hydroxylation is 1. The van der Waals surface area contributed by atoms with Crippen LogP contribution >= 0.6 is 0 Å². The van der Waals surface area contributed by atoms with Gasteiger partial charge in [-0.3, -0.25) is 0 Å². The van der Waals surface area contributed by atoms with E-state index in [4.69, 9.17) is 0 Å². The van der Waals surface area contributed by atoms with Crippen LogP contribution in [0.5, 0.6) is 0 Å². The molecular weight excluding hydrogens is 232 g/mol. The second-order valence-corrected chi connectivity index (χ2v) is 3.89. The molecule has 5 heteroatoms. The molecule has 18 heavy (non-hydrogen) atoms. The topological polar surface area (TPSA) is 67.4 Å². The molecule has 1 aromatic carbocycles. The zero-order chi connectivity index (χ0) is 13.5. The van der Waals surface area contributed by atoms with Crippen molar-refractivity contribution in [3.05, 3.63) is 29.8 Å². The molecule has 0 spiro atoms. The maximum atomic E-state index is 11.6. The van der Waals surface area contributed by atoms with Crippen LogP contribution in [-0.4, -0.2) is 25.2 Å². The largest absolute Gasteiger partial charge is 0.467 e. The highest BCUT2D eigenvalue weighted by molar-refractivity contribution is 5.92. The van der Waals surface area contributed by atoms with Crippen molar-refractivity contribution in [2.75, 3.05) is 12.4 Å². The lowest BCUT2D eigenvalue weighted by Gasteiger charge is -2.12. The third kappa shape index (κ3) is 4.08. The smallest absolute Gasteiger partial charge is 0.328 e. The van der Waals surface area contributed by atoms with Gasteiger partial charge in [-0.2, -0.15) is 0 Å². The first-order valence-electron chi connectivity index (χ1n) is 5.81. The Morgan fingerprint density at radius 2 is 1.89 bits per heavy atom. The zero-order valence-corrected chi connectivity index (χ0v) is 10.8. The maximum absolute atomic E-state index is 11.6. The number of urea groups is 1. The highest BCUT2D eigenvalue weighted by Gasteiger charge is 2.15. The Hall–Kier alpha value is -2.04. The van der Waals surface area contributed by atoms with Crippen molar-refractivity contribution in [3.8, 4) is 0 Å². The third-order valence-corrected chi connectivity index (χ3v) is 2.52. The van der Waals surface area contributed by atoms with Gasteiger partial charge in [-0.05, 0) is 31.0 Å². The third-order valence-electron chi connectivity index (χ3n) is 2.52. The van der Waals surface area contributed by atoms with E-state index >= 15 is 0 Å². The number of esters is 1. The number of methoxy groups -OCH3 is 1. The number of carbonyl (C=O) groups excluding carboxylic acids is 2. The molecule has 0 radical (unpaired) electrons. The van der Waals surface area contributed by atoms with Gasteiger partial charge in [0.1, 0.15) is 6.04 Å². The number of hydrogen-bond donors (Lipinski definition) is 2. The lowest BCUT2D eigenvalue weighted by molar-refractivity contribution is -0.142. The van der Waals surface area contributed by atoms with Gasteiger partial charge < -0.3 is 15.4 Å². The SMILES string of the molecule is CCc1ccc(NC(=O)N[C@H](C)C(=O)OC)cc1. The molecule has 0 aliphatic rings. The molecule has 5 nitrogen and oxygen atoms in total. The number of carbonyl (C=O) groups is 2. The molecule has 0 fully saturated rings. The normalized spacial score (nSPS) is 11.5. The molecule has 1 rings (SSSR count). The first-order valence-corrected chi connectivity index (χ1v) is 5.81. The number of benzene rings is 1. The Labute approximate surface area is 107 Å². The van der Waals surface area contributed by atoms with Crippen molar-refractivity contribution in [1.82, 2.24) is 5.32 Å². The van der Waals surface area contributed by atoms with Crippen molar-refractivity contribution in [3.63, 3.8) is 0 Å². The standard InChI is InChI=1S/C13H18N2O3/c1-4-10-5-7-11(8-6-10)15-13(17)14-9(2)12(16)18-3/h5-9H,4H2,1-3H3,(H2,14,15,17)/t9-/m1/s1. The fourth-order valence-corrected chi connectivity index (χ4v) is 1.42. The summed E-state index contributed by atoms with van der Waals surface area (Å²) in [7, 11) is 1.28. The van der Waals surface area contributed by atoms with Crippen LogP contribution in [0.3, 0.4) is 0 Å². The van der Waals surface area contributed by atoms with Gasteiger partial charge in [0.15, 0.2) is 0 Å². The van der Waals surface area contributed by atoms with Crippen LogP contribution in [0.25, 0.3) is 0 Å². The quantitative estimate of drug-likeness (QED) is 0.802. The molecule has 0 saturated carbocycles. The summed E-state index contributed by atoms with van der Waals surface area (Å²) in [5.41, 5.74) is 1.88. The average molecular weight is 250 g/mol. The number of ether oxygens (including phenoxy) is 1. The molecule has 2 N–H and O–H groups in total. The first kappa shape index (κ1) is 14.0. The predicted octanol–water partition coefficient (Wildman–Crippen LogP) is 1.93. The van der Waals surface area contributed by atoms with Crippen molar-refractivity contribution in [1.29, 1.82) is 0 Å². The summed E-state index contributed by atoms with van der Waals surface area (Å²) < 4.78 is 4.51. The van der Waals surface area contributed by atoms with Gasteiger partial charge in [0, 0.05) is 5.69 Å². The summed E-state index contributed by atoms with van der Waals surface area (Å²) in [4.78, 5) is 22.7. The number of anilines is 1. The second kappa shape index (κ2) is 6.64. The number of nitrogens with one attached hydrogen (secondary N) is 2. The summed E-state index contributed by atoms with van der Waals surface area (Å²) >= 11 is 0. The Morgan fingerprint density at radius 1 is 1.28 bits per heavy atom. The van der Waals surface area contributed by atoms with Gasteiger partial charge in [0.2, 0.25) is 0 Å². The van der Waals surface area contributed by atoms with E-state index in [1.54, 1.807) is 6.92 Å². The molecular formula is C13H18N2O3. The Kier molecular flexibility index (Phi) is 5.17. The van der Waals surface area contributed by atoms with Crippen LogP contribution in [0.1, 0.15) is 19.4 Å². The molecule has 98 valence electrons. The molecule has 0 aliphatic heterocycles. The fraction of sp³-hybridized carbons (Fsp3) is 0.385. The minimum Gasteiger partial charge on any atom is -0.467 e. The summed E-state index contributed by atoms with van der Waals surface area (Å²) in [6.45, 7) is 3.62. The number of rotatable bonds is 4. The van der Waals surface area contributed by atoms with E-state index in [2.05, 4.69) is 22.3 Å². The molecule has 2 amide bonds. The van der Waals surface area contributed by atoms with Crippen LogP contribution in [0.2, 0.25) is 0 Å². The van der Waals surface area contributed by atoms with Crippen molar-refractivity contribution < 1.29 is 14.3 Å². The molecule has 0 aliphatic carbocycles. The minimum absolute atomic E-state index is 0.433. The van der Waals surface area contributed by atoms with Crippen LogP contribution in [0, 0.1) is 0 Å². The fourth-order valence-electron chi connectivity index (χ4n) is 1.42. The molecule has 0 bridgehead atoms. The molecule has 0 heterocycles. The van der Waals surface area contributed by atoms with Crippen molar-refractivity contribution >= 4 is 17.7 Å². The minimum atomic E-state index is -0.676. The van der Waals surface area contributed by atoms with Gasteiger partial charge >= 0.3 is 12.0 Å². The Balaban J connectivity index is 2.51. The maximum Gasteiger partial charge on any atom is 0.328 e. The summed E-state index contributed by atoms with van der Waals surface area (Å²) in [5.74, 6) is -0.480. The van der Waals surface area contributed by atoms with Crippen LogP contribution in [-0.2, 0) is 16.0 Å². The number of amides is 2. The number of hydrogen-bond acceptors (Lipinski definition) is 3. The van der Waals surface area contributed by atoms with Crippen LogP contribution in [0.4, 0.5) is 10.5 Å². The van der Waals surface area contributed by atoms with Crippen LogP contribution in [0.15, 0.2) is 24.3 Å². The van der Waals surface area contributed by atoms with E-state index in [0.717, 1.165) is 6.42 Å². The van der Waals surface area contributed by atoms with Gasteiger partial charge in [-0.1, -0.05) is 19.1 Å². The molecule has 0 unspecified atom stereocenters. The summed E-state index contributed by atoms with van der Waals surface area (Å²) in [5, 5.41) is 5.13. The highest BCUT2D eigenvalue weighted by Crippen LogP contribution is 2.09. The van der Waals surface area contributed by atoms with Crippen molar-refractivity contribution in [2.45, 2.75) is 26.3 Å². The van der Waals surface area contributed by atoms with Gasteiger partial charge in [0.05, 0.1) is 7.11 Å². The first-order chi connectivity index (χ1) is 8.56. The van der Waals surface area contributed by atoms with E-state index in [0.29, 0.717) is 5.69 Å². The Morgan fingerprint density at radius 3 is 2.39 bits per heavy atom. The van der Waals surface area contributed by atoms with E-state index in [9.17, 15) is 9.59 Å². The highest BCUT2D eigenvalue weighted by atomic mass is 16.5. The zero-order valence-electron chi connectivity index (χ0n) is 10.8. The van der Waals surface area contributed by atoms with Gasteiger partial charge in [-0.25, -0.2) is 9.59 Å². The van der Waals surface area contributed by atoms with Gasteiger partial charge in [-0.15, -0.1) is 0 Å². The monoisotopic (exact) mass is 250 g/mol. The van der Waals surface area contributed by atoms with Gasteiger partial charge in [0.25, 0.3) is 0 Å². The molecule has 1 aromatic rings. The average Bonchev–Trinajstić information content (AvgIpc) is 2.38. The Bertz CT molecular complexity index is 415. The van der Waals surface area contributed by atoms with E-state index in [1.165, 1.54) is 12.7 Å². The lowest BCUT2D eigenvalue weighted by Crippen LogP contribution is -2.41. The van der Waals surface area contributed by atoms with Crippen molar-refractivity contribution in [2.24, 2.45) is 0 Å². The van der Waals surface area contributed by atoms with E-state index < -0.39 is 18.0 Å².